The lowest BCUT2D eigenvalue weighted by atomic mass is 9.88. The Balaban J connectivity index is 1.58. The lowest BCUT2D eigenvalue weighted by Gasteiger charge is -2.37. The molecule has 2 amide bonds. The number of carbonyl (C=O) groups is 2. The van der Waals surface area contributed by atoms with Crippen LogP contribution in [0.1, 0.15) is 51.0 Å². The van der Waals surface area contributed by atoms with Gasteiger partial charge in [0.2, 0.25) is 0 Å². The normalized spacial score (nSPS) is 15.6. The Morgan fingerprint density at radius 2 is 2.03 bits per heavy atom. The van der Waals surface area contributed by atoms with Crippen LogP contribution in [0.5, 0.6) is 0 Å². The first-order valence-corrected chi connectivity index (χ1v) is 13.3. The molecule has 3 aromatic heterocycles. The molecule has 0 spiro atoms. The number of carbonyl (C=O) groups excluding carboxylic acids is 1. The molecule has 0 unspecified atom stereocenters. The second-order valence-electron chi connectivity index (χ2n) is 10.4. The number of carboxylic acid groups (broad SMARTS) is 1. The van der Waals surface area contributed by atoms with Crippen LogP contribution in [0.2, 0.25) is 0 Å². The van der Waals surface area contributed by atoms with Crippen LogP contribution >= 0.6 is 11.3 Å². The molecule has 200 valence electrons. The maximum Gasteiger partial charge on any atom is 0.407 e. The number of amides is 2. The number of fused-ring (bicyclic) bond motifs is 1. The molecule has 0 radical (unpaired) electrons. The van der Waals surface area contributed by atoms with E-state index in [-0.39, 0.29) is 23.4 Å². The molecule has 2 N–H and O–H groups in total. The fraction of sp³-hybridized carbons (Fsp3) is 0.560. The SMILES string of the molecule is COCCN(C(=O)O)C1CCN(C(=O)c2cc(N[C@H](C)C(C)(C)C)nc(-c3cnn4ccsc34)n2)CC1. The van der Waals surface area contributed by atoms with Crippen molar-refractivity contribution in [2.45, 2.75) is 52.6 Å². The van der Waals surface area contributed by atoms with Crippen LogP contribution in [0.25, 0.3) is 16.2 Å². The maximum absolute atomic E-state index is 13.6. The van der Waals surface area contributed by atoms with Crippen molar-refractivity contribution >= 4 is 34.0 Å². The highest BCUT2D eigenvalue weighted by Crippen LogP contribution is 2.29. The van der Waals surface area contributed by atoms with E-state index in [0.29, 0.717) is 56.4 Å². The average Bonchev–Trinajstić information content (AvgIpc) is 3.47. The highest BCUT2D eigenvalue weighted by atomic mass is 32.1. The van der Waals surface area contributed by atoms with Crippen molar-refractivity contribution in [3.05, 3.63) is 29.5 Å². The molecule has 11 nitrogen and oxygen atoms in total. The average molecular weight is 530 g/mol. The molecule has 12 heteroatoms. The first-order chi connectivity index (χ1) is 17.6. The molecule has 0 aliphatic carbocycles. The predicted molar refractivity (Wildman–Crippen MR) is 142 cm³/mol. The number of nitrogens with zero attached hydrogens (tertiary/aromatic N) is 6. The molecule has 1 atom stereocenters. The van der Waals surface area contributed by atoms with Gasteiger partial charge in [-0.2, -0.15) is 5.10 Å². The van der Waals surface area contributed by atoms with Gasteiger partial charge in [-0.05, 0) is 25.2 Å². The van der Waals surface area contributed by atoms with Crippen LogP contribution in [-0.4, -0.2) is 91.9 Å². The number of nitrogens with one attached hydrogen (secondary N) is 1. The highest BCUT2D eigenvalue weighted by molar-refractivity contribution is 7.16. The lowest BCUT2D eigenvalue weighted by molar-refractivity contribution is 0.0557. The first kappa shape index (κ1) is 26.8. The van der Waals surface area contributed by atoms with E-state index in [1.165, 1.54) is 16.2 Å². The molecule has 1 fully saturated rings. The minimum absolute atomic E-state index is 0.0191. The van der Waals surface area contributed by atoms with Gasteiger partial charge in [0.1, 0.15) is 16.3 Å². The van der Waals surface area contributed by atoms with Gasteiger partial charge in [0, 0.05) is 56.5 Å². The van der Waals surface area contributed by atoms with Gasteiger partial charge < -0.3 is 25.0 Å². The van der Waals surface area contributed by atoms with Crippen LogP contribution in [-0.2, 0) is 4.74 Å². The zero-order chi connectivity index (χ0) is 26.7. The van der Waals surface area contributed by atoms with Crippen LogP contribution < -0.4 is 5.32 Å². The van der Waals surface area contributed by atoms with Crippen LogP contribution in [0.3, 0.4) is 0 Å². The molecule has 4 rings (SSSR count). The molecule has 1 saturated heterocycles. The van der Waals surface area contributed by atoms with Gasteiger partial charge in [-0.1, -0.05) is 20.8 Å². The number of piperidine rings is 1. The van der Waals surface area contributed by atoms with E-state index in [1.807, 2.05) is 11.6 Å². The van der Waals surface area contributed by atoms with Crippen molar-refractivity contribution < 1.29 is 19.4 Å². The van der Waals surface area contributed by atoms with E-state index in [4.69, 9.17) is 9.72 Å². The number of likely N-dealkylation sites (tertiary alicyclic amines) is 1. The summed E-state index contributed by atoms with van der Waals surface area (Å²) in [5.41, 5.74) is 1.05. The van der Waals surface area contributed by atoms with Gasteiger partial charge in [-0.3, -0.25) is 4.79 Å². The number of aromatic nitrogens is 4. The number of anilines is 1. The summed E-state index contributed by atoms with van der Waals surface area (Å²) in [5, 5.41) is 19.4. The summed E-state index contributed by atoms with van der Waals surface area (Å²) in [5.74, 6) is 0.832. The van der Waals surface area contributed by atoms with Crippen LogP contribution in [0, 0.1) is 5.41 Å². The van der Waals surface area contributed by atoms with E-state index in [2.05, 4.69) is 43.1 Å². The predicted octanol–water partition coefficient (Wildman–Crippen LogP) is 3.93. The van der Waals surface area contributed by atoms with Crippen molar-refractivity contribution in [1.82, 2.24) is 29.4 Å². The van der Waals surface area contributed by atoms with Gasteiger partial charge in [0.25, 0.3) is 5.91 Å². The summed E-state index contributed by atoms with van der Waals surface area (Å²) in [6, 6.07) is 1.65. The third-order valence-corrected chi connectivity index (χ3v) is 7.84. The number of hydrogen-bond acceptors (Lipinski definition) is 8. The third kappa shape index (κ3) is 6.02. The topological polar surface area (TPSA) is 125 Å². The molecular formula is C25H35N7O4S. The quantitative estimate of drug-likeness (QED) is 0.450. The van der Waals surface area contributed by atoms with E-state index < -0.39 is 6.09 Å². The Labute approximate surface area is 220 Å². The Morgan fingerprint density at radius 1 is 1.30 bits per heavy atom. The summed E-state index contributed by atoms with van der Waals surface area (Å²) in [6.07, 6.45) is 3.75. The van der Waals surface area contributed by atoms with Crippen molar-refractivity contribution in [2.75, 3.05) is 38.7 Å². The number of thiazole rings is 1. The second-order valence-corrected chi connectivity index (χ2v) is 11.3. The van der Waals surface area contributed by atoms with Gasteiger partial charge >= 0.3 is 6.09 Å². The van der Waals surface area contributed by atoms with Crippen LogP contribution in [0.4, 0.5) is 10.6 Å². The van der Waals surface area contributed by atoms with E-state index in [1.54, 1.807) is 28.8 Å². The molecule has 1 aliphatic heterocycles. The smallest absolute Gasteiger partial charge is 0.407 e. The number of ether oxygens (including phenoxy) is 1. The molecule has 4 heterocycles. The fourth-order valence-corrected chi connectivity index (χ4v) is 5.03. The van der Waals surface area contributed by atoms with Crippen molar-refractivity contribution in [3.8, 4) is 11.4 Å². The minimum atomic E-state index is -0.966. The van der Waals surface area contributed by atoms with Gasteiger partial charge in [0.15, 0.2) is 5.82 Å². The molecule has 0 saturated carbocycles. The van der Waals surface area contributed by atoms with Crippen molar-refractivity contribution in [2.24, 2.45) is 5.41 Å². The van der Waals surface area contributed by atoms with E-state index in [0.717, 1.165) is 10.4 Å². The summed E-state index contributed by atoms with van der Waals surface area (Å²) in [6.45, 7) is 10.1. The highest BCUT2D eigenvalue weighted by Gasteiger charge is 2.31. The van der Waals surface area contributed by atoms with E-state index >= 15 is 0 Å². The zero-order valence-corrected chi connectivity index (χ0v) is 22.8. The van der Waals surface area contributed by atoms with Gasteiger partial charge in [-0.25, -0.2) is 19.3 Å². The largest absolute Gasteiger partial charge is 0.465 e. The summed E-state index contributed by atoms with van der Waals surface area (Å²) in [7, 11) is 1.55. The van der Waals surface area contributed by atoms with Gasteiger partial charge in [-0.15, -0.1) is 11.3 Å². The molecule has 0 bridgehead atoms. The van der Waals surface area contributed by atoms with E-state index in [9.17, 15) is 14.7 Å². The molecule has 0 aromatic carbocycles. The standard InChI is InChI=1S/C25H35N7O4S/c1-16(25(2,3)4)27-20-14-19(28-21(29-20)18-15-26-32-11-13-37-23(18)32)22(33)30-8-6-17(7-9-30)31(24(34)35)10-12-36-5/h11,13-17H,6-10,12H2,1-5H3,(H,34,35)(H,27,28,29)/t16-/m1/s1. The second kappa shape index (κ2) is 11.0. The summed E-state index contributed by atoms with van der Waals surface area (Å²) < 4.78 is 6.83. The number of hydrogen-bond donors (Lipinski definition) is 2. The molecular weight excluding hydrogens is 494 g/mol. The maximum atomic E-state index is 13.6. The Hall–Kier alpha value is -3.25. The van der Waals surface area contributed by atoms with Crippen molar-refractivity contribution in [3.63, 3.8) is 0 Å². The fourth-order valence-electron chi connectivity index (χ4n) is 4.24. The Kier molecular flexibility index (Phi) is 7.98. The Bertz CT molecular complexity index is 1240. The molecule has 1 aliphatic rings. The molecule has 37 heavy (non-hydrogen) atoms. The van der Waals surface area contributed by atoms with Crippen molar-refractivity contribution in [1.29, 1.82) is 0 Å². The summed E-state index contributed by atoms with van der Waals surface area (Å²) >= 11 is 1.54. The first-order valence-electron chi connectivity index (χ1n) is 12.4. The zero-order valence-electron chi connectivity index (χ0n) is 22.0. The summed E-state index contributed by atoms with van der Waals surface area (Å²) in [4.78, 5) is 38.8. The van der Waals surface area contributed by atoms with Crippen LogP contribution in [0.15, 0.2) is 23.8 Å². The lowest BCUT2D eigenvalue weighted by Crippen LogP contribution is -2.49. The van der Waals surface area contributed by atoms with Gasteiger partial charge in [0.05, 0.1) is 18.4 Å². The third-order valence-electron chi connectivity index (χ3n) is 6.96. The Morgan fingerprint density at radius 3 is 2.68 bits per heavy atom. The number of methoxy groups -OCH3 is 1. The minimum Gasteiger partial charge on any atom is -0.465 e. The number of rotatable bonds is 8. The monoisotopic (exact) mass is 529 g/mol. The molecule has 3 aromatic rings.